The molecule has 30 heavy (non-hydrogen) atoms. The van der Waals surface area contributed by atoms with Crippen LogP contribution in [0.1, 0.15) is 90.0 Å². The van der Waals surface area contributed by atoms with Gasteiger partial charge in [0.1, 0.15) is 18.5 Å². The quantitative estimate of drug-likeness (QED) is 0.264. The van der Waals surface area contributed by atoms with Crippen LogP contribution in [0.2, 0.25) is 0 Å². The number of unbranched alkanes of at least 4 members (excludes halogenated alkanes) is 8. The first-order valence-electron chi connectivity index (χ1n) is 11.9. The summed E-state index contributed by atoms with van der Waals surface area (Å²) in [4.78, 5) is 9.04. The molecule has 0 saturated carbocycles. The van der Waals surface area contributed by atoms with Gasteiger partial charge in [-0.2, -0.15) is 0 Å². The van der Waals surface area contributed by atoms with Crippen molar-refractivity contribution in [2.45, 2.75) is 97.1 Å². The van der Waals surface area contributed by atoms with Crippen molar-refractivity contribution in [3.63, 3.8) is 0 Å². The number of alkyl halides is 1. The summed E-state index contributed by atoms with van der Waals surface area (Å²) in [6.45, 7) is 4.53. The molecule has 0 aliphatic carbocycles. The highest BCUT2D eigenvalue weighted by Crippen LogP contribution is 2.20. The number of hydrogen-bond donors (Lipinski definition) is 0. The summed E-state index contributed by atoms with van der Waals surface area (Å²) >= 11 is 0. The predicted molar refractivity (Wildman–Crippen MR) is 124 cm³/mol. The molecule has 4 heteroatoms. The van der Waals surface area contributed by atoms with Gasteiger partial charge < -0.3 is 4.74 Å². The molecule has 1 atom stereocenters. The second-order valence-corrected chi connectivity index (χ2v) is 8.21. The Morgan fingerprint density at radius 1 is 0.800 bits per heavy atom. The smallest absolute Gasteiger partial charge is 0.159 e. The van der Waals surface area contributed by atoms with Crippen molar-refractivity contribution in [2.24, 2.45) is 0 Å². The van der Waals surface area contributed by atoms with Crippen LogP contribution in [0.4, 0.5) is 4.39 Å². The van der Waals surface area contributed by atoms with Crippen LogP contribution in [0, 0.1) is 0 Å². The summed E-state index contributed by atoms with van der Waals surface area (Å²) < 4.78 is 19.5. The molecule has 0 aliphatic heterocycles. The molecular formula is C26H39FN2O. The summed E-state index contributed by atoms with van der Waals surface area (Å²) in [5.74, 6) is 1.40. The lowest BCUT2D eigenvalue weighted by Crippen LogP contribution is -2.12. The Kier molecular flexibility index (Phi) is 12.1. The van der Waals surface area contributed by atoms with Gasteiger partial charge in [-0.1, -0.05) is 71.6 Å². The minimum atomic E-state index is -0.899. The first kappa shape index (κ1) is 24.3. The van der Waals surface area contributed by atoms with E-state index in [-0.39, 0.29) is 6.61 Å². The van der Waals surface area contributed by atoms with Gasteiger partial charge in [0.05, 0.1) is 0 Å². The summed E-state index contributed by atoms with van der Waals surface area (Å²) in [6, 6.07) is 7.61. The van der Waals surface area contributed by atoms with Crippen LogP contribution in [0.15, 0.2) is 36.7 Å². The van der Waals surface area contributed by atoms with Crippen molar-refractivity contribution in [3.05, 3.63) is 42.2 Å². The fourth-order valence-electron chi connectivity index (χ4n) is 3.51. The maximum atomic E-state index is 13.9. The third kappa shape index (κ3) is 9.69. The van der Waals surface area contributed by atoms with Crippen LogP contribution in [-0.4, -0.2) is 22.7 Å². The van der Waals surface area contributed by atoms with E-state index in [9.17, 15) is 4.39 Å². The number of nitrogens with zero attached hydrogens (tertiary/aromatic N) is 2. The molecule has 0 amide bonds. The molecule has 0 spiro atoms. The molecule has 0 radical (unpaired) electrons. The Morgan fingerprint density at radius 3 is 2.07 bits per heavy atom. The summed E-state index contributed by atoms with van der Waals surface area (Å²) in [6.07, 6.45) is 16.8. The second-order valence-electron chi connectivity index (χ2n) is 8.21. The monoisotopic (exact) mass is 414 g/mol. The fourth-order valence-corrected chi connectivity index (χ4v) is 3.51. The van der Waals surface area contributed by atoms with E-state index >= 15 is 0 Å². The number of hydrogen-bond acceptors (Lipinski definition) is 3. The zero-order chi connectivity index (χ0) is 21.4. The highest BCUT2D eigenvalue weighted by molar-refractivity contribution is 5.55. The lowest BCUT2D eigenvalue weighted by atomic mass is 10.1. The van der Waals surface area contributed by atoms with E-state index in [0.29, 0.717) is 18.0 Å². The van der Waals surface area contributed by atoms with E-state index < -0.39 is 6.17 Å². The molecule has 1 aromatic heterocycles. The number of halogens is 1. The van der Waals surface area contributed by atoms with Crippen LogP contribution in [-0.2, 0) is 6.42 Å². The summed E-state index contributed by atoms with van der Waals surface area (Å²) in [5, 5.41) is 0. The van der Waals surface area contributed by atoms with Crippen LogP contribution in [0.5, 0.6) is 5.75 Å². The van der Waals surface area contributed by atoms with E-state index in [2.05, 4.69) is 23.8 Å². The zero-order valence-electron chi connectivity index (χ0n) is 18.9. The van der Waals surface area contributed by atoms with Crippen molar-refractivity contribution in [1.29, 1.82) is 0 Å². The molecule has 2 aromatic rings. The van der Waals surface area contributed by atoms with Gasteiger partial charge in [0.15, 0.2) is 5.82 Å². The molecule has 0 bridgehead atoms. The molecule has 1 heterocycles. The lowest BCUT2D eigenvalue weighted by Gasteiger charge is -2.11. The van der Waals surface area contributed by atoms with E-state index in [1.807, 2.05) is 36.7 Å². The van der Waals surface area contributed by atoms with Crippen molar-refractivity contribution in [3.8, 4) is 17.1 Å². The van der Waals surface area contributed by atoms with Gasteiger partial charge in [0.25, 0.3) is 0 Å². The number of rotatable bonds is 16. The molecule has 166 valence electrons. The molecule has 3 nitrogen and oxygen atoms in total. The molecule has 2 rings (SSSR count). The number of benzene rings is 1. The molecule has 0 unspecified atom stereocenters. The van der Waals surface area contributed by atoms with Gasteiger partial charge in [0, 0.05) is 18.0 Å². The van der Waals surface area contributed by atoms with Crippen LogP contribution < -0.4 is 4.74 Å². The Bertz CT molecular complexity index is 672. The number of ether oxygens (including phenoxy) is 1. The molecule has 0 saturated heterocycles. The Labute approximate surface area is 182 Å². The van der Waals surface area contributed by atoms with Crippen LogP contribution >= 0.6 is 0 Å². The van der Waals surface area contributed by atoms with Crippen LogP contribution in [0.3, 0.4) is 0 Å². The minimum absolute atomic E-state index is 0.120. The first-order valence-corrected chi connectivity index (χ1v) is 11.9. The molecule has 0 aliphatic rings. The zero-order valence-corrected chi connectivity index (χ0v) is 18.9. The lowest BCUT2D eigenvalue weighted by molar-refractivity contribution is 0.184. The largest absolute Gasteiger partial charge is 0.491 e. The van der Waals surface area contributed by atoms with Gasteiger partial charge in [-0.05, 0) is 49.1 Å². The van der Waals surface area contributed by atoms with Crippen molar-refractivity contribution < 1.29 is 9.13 Å². The standard InChI is InChI=1S/C26H39FN2O/c1-3-5-7-9-10-11-13-22-19-28-26(29-20-22)23-15-17-25(18-16-23)30-21-24(27)14-12-8-6-4-2/h15-20,24H,3-14,21H2,1-2H3/t24-/m0/s1. The van der Waals surface area contributed by atoms with Gasteiger partial charge >= 0.3 is 0 Å². The van der Waals surface area contributed by atoms with Crippen LogP contribution in [0.25, 0.3) is 11.4 Å². The topological polar surface area (TPSA) is 35.0 Å². The SMILES string of the molecule is CCCCCCCCc1cnc(-c2ccc(OC[C@@H](F)CCCCCC)cc2)nc1. The Balaban J connectivity index is 1.72. The Morgan fingerprint density at radius 2 is 1.40 bits per heavy atom. The third-order valence-electron chi connectivity index (χ3n) is 5.44. The van der Waals surface area contributed by atoms with Crippen molar-refractivity contribution >= 4 is 0 Å². The summed E-state index contributed by atoms with van der Waals surface area (Å²) in [5.41, 5.74) is 2.15. The number of aromatic nitrogens is 2. The summed E-state index contributed by atoms with van der Waals surface area (Å²) in [7, 11) is 0. The molecule has 0 fully saturated rings. The Hall–Kier alpha value is -1.97. The average Bonchev–Trinajstić information content (AvgIpc) is 2.78. The van der Waals surface area contributed by atoms with Crippen molar-refractivity contribution in [1.82, 2.24) is 9.97 Å². The molecule has 0 N–H and O–H groups in total. The number of aryl methyl sites for hydroxylation is 1. The predicted octanol–water partition coefficient (Wildman–Crippen LogP) is 7.73. The van der Waals surface area contributed by atoms with Crippen molar-refractivity contribution in [2.75, 3.05) is 6.61 Å². The average molecular weight is 415 g/mol. The van der Waals surface area contributed by atoms with Gasteiger partial charge in [-0.15, -0.1) is 0 Å². The van der Waals surface area contributed by atoms with E-state index in [0.717, 1.165) is 24.8 Å². The van der Waals surface area contributed by atoms with E-state index in [1.54, 1.807) is 0 Å². The third-order valence-corrected chi connectivity index (χ3v) is 5.44. The molecule has 1 aromatic carbocycles. The van der Waals surface area contributed by atoms with Gasteiger partial charge in [0.2, 0.25) is 0 Å². The first-order chi connectivity index (χ1) is 14.7. The normalized spacial score (nSPS) is 12.1. The molecular weight excluding hydrogens is 375 g/mol. The fraction of sp³-hybridized carbons (Fsp3) is 0.615. The highest BCUT2D eigenvalue weighted by atomic mass is 19.1. The highest BCUT2D eigenvalue weighted by Gasteiger charge is 2.08. The van der Waals surface area contributed by atoms with E-state index in [4.69, 9.17) is 4.74 Å². The van der Waals surface area contributed by atoms with Gasteiger partial charge in [-0.3, -0.25) is 0 Å². The van der Waals surface area contributed by atoms with Gasteiger partial charge in [-0.25, -0.2) is 14.4 Å². The van der Waals surface area contributed by atoms with E-state index in [1.165, 1.54) is 56.9 Å². The second kappa shape index (κ2) is 14.9. The maximum Gasteiger partial charge on any atom is 0.159 e. The minimum Gasteiger partial charge on any atom is -0.491 e. The maximum absolute atomic E-state index is 13.9.